The molecule has 0 unspecified atom stereocenters. The fraction of sp³-hybridized carbons (Fsp3) is 0.250. The van der Waals surface area contributed by atoms with Gasteiger partial charge in [-0.15, -0.1) is 11.8 Å². The average Bonchev–Trinajstić information content (AvgIpc) is 2.72. The first-order valence-corrected chi connectivity index (χ1v) is 8.20. The summed E-state index contributed by atoms with van der Waals surface area (Å²) in [4.78, 5) is 32.0. The molecule has 0 spiro atoms. The highest BCUT2D eigenvalue weighted by Crippen LogP contribution is 2.27. The number of carbonyl (C=O) groups excluding carboxylic acids is 2. The first-order valence-electron chi connectivity index (χ1n) is 5.75. The Morgan fingerprint density at radius 3 is 2.48 bits per heavy atom. The van der Waals surface area contributed by atoms with E-state index in [0.717, 1.165) is 5.01 Å². The Kier molecular flexibility index (Phi) is 4.50. The van der Waals surface area contributed by atoms with Gasteiger partial charge in [-0.3, -0.25) is 15.0 Å². The number of hydrogen-bond donors (Lipinski definition) is 1. The van der Waals surface area contributed by atoms with Gasteiger partial charge in [-0.1, -0.05) is 11.8 Å². The molecule has 0 aromatic carbocycles. The van der Waals surface area contributed by atoms with Gasteiger partial charge in [-0.05, 0) is 19.4 Å². The van der Waals surface area contributed by atoms with Gasteiger partial charge in [-0.2, -0.15) is 10.3 Å². The zero-order valence-corrected chi connectivity index (χ0v) is 13.1. The minimum absolute atomic E-state index is 0.144. The molecule has 1 aliphatic heterocycles. The minimum Gasteiger partial charge on any atom is -0.270 e. The van der Waals surface area contributed by atoms with Gasteiger partial charge in [0.25, 0.3) is 11.8 Å². The molecule has 2 rings (SSSR count). The van der Waals surface area contributed by atoms with Gasteiger partial charge < -0.3 is 0 Å². The van der Waals surface area contributed by atoms with Gasteiger partial charge >= 0.3 is 0 Å². The maximum absolute atomic E-state index is 11.9. The fourth-order valence-electron chi connectivity index (χ4n) is 1.64. The Morgan fingerprint density at radius 1 is 1.29 bits per heavy atom. The van der Waals surface area contributed by atoms with Crippen molar-refractivity contribution < 1.29 is 9.59 Å². The van der Waals surface area contributed by atoms with E-state index in [4.69, 9.17) is 0 Å². The molecule has 0 fully saturated rings. The number of amides is 2. The first kappa shape index (κ1) is 15.3. The number of nitrogens with one attached hydrogen (secondary N) is 1. The largest absolute Gasteiger partial charge is 0.275 e. The van der Waals surface area contributed by atoms with Crippen molar-refractivity contribution >= 4 is 41.2 Å². The first-order chi connectivity index (χ1) is 10.0. The van der Waals surface area contributed by atoms with E-state index in [0.29, 0.717) is 15.8 Å². The van der Waals surface area contributed by atoms with Crippen LogP contribution in [-0.2, 0) is 9.59 Å². The highest BCUT2D eigenvalue weighted by atomic mass is 32.2. The summed E-state index contributed by atoms with van der Waals surface area (Å²) in [6.45, 7) is 1.55. The van der Waals surface area contributed by atoms with Gasteiger partial charge in [0.05, 0.1) is 0 Å². The fourth-order valence-corrected chi connectivity index (χ4v) is 2.59. The predicted octanol–water partition coefficient (Wildman–Crippen LogP) is 1.43. The summed E-state index contributed by atoms with van der Waals surface area (Å²) >= 11 is 2.60. The van der Waals surface area contributed by atoms with Crippen molar-refractivity contribution in [3.8, 4) is 6.07 Å². The molecule has 1 N–H and O–H groups in total. The Morgan fingerprint density at radius 2 is 2.00 bits per heavy atom. The summed E-state index contributed by atoms with van der Waals surface area (Å²) in [6.07, 6.45) is 4.82. The third kappa shape index (κ3) is 2.86. The monoisotopic (exact) mass is 321 g/mol. The molecular formula is C12H11N5O2S2. The number of rotatable bonds is 4. The van der Waals surface area contributed by atoms with Gasteiger partial charge in [-0.25, -0.2) is 9.97 Å². The molecule has 9 heteroatoms. The van der Waals surface area contributed by atoms with E-state index in [9.17, 15) is 14.9 Å². The van der Waals surface area contributed by atoms with E-state index in [1.165, 1.54) is 29.6 Å². The summed E-state index contributed by atoms with van der Waals surface area (Å²) in [5.41, 5.74) is 3.15. The van der Waals surface area contributed by atoms with Crippen molar-refractivity contribution in [1.82, 2.24) is 15.0 Å². The van der Waals surface area contributed by atoms with Crippen LogP contribution in [0.25, 0.3) is 0 Å². The molecular weight excluding hydrogens is 310 g/mol. The molecule has 2 amide bonds. The van der Waals surface area contributed by atoms with Crippen LogP contribution < -0.4 is 5.43 Å². The highest BCUT2D eigenvalue weighted by molar-refractivity contribution is 7.99. The van der Waals surface area contributed by atoms with Gasteiger partial charge in [0.1, 0.15) is 16.7 Å². The van der Waals surface area contributed by atoms with Crippen LogP contribution in [0.3, 0.4) is 0 Å². The number of thioether (sulfide) groups is 2. The molecule has 21 heavy (non-hydrogen) atoms. The lowest BCUT2D eigenvalue weighted by Crippen LogP contribution is -2.37. The SMILES string of the molecule is CSc1nc(NN2C(=O)C=C(C)C2=O)c(C#N)c(SC)n1. The number of imide groups is 1. The van der Waals surface area contributed by atoms with E-state index in [1.807, 2.05) is 6.07 Å². The van der Waals surface area contributed by atoms with Gasteiger partial charge in [0.15, 0.2) is 11.0 Å². The Hall–Kier alpha value is -2.05. The van der Waals surface area contributed by atoms with E-state index >= 15 is 0 Å². The van der Waals surface area contributed by atoms with Crippen LogP contribution in [0.5, 0.6) is 0 Å². The lowest BCUT2D eigenvalue weighted by Gasteiger charge is -2.18. The quantitative estimate of drug-likeness (QED) is 0.385. The highest BCUT2D eigenvalue weighted by Gasteiger charge is 2.30. The van der Waals surface area contributed by atoms with Gasteiger partial charge in [0, 0.05) is 11.6 Å². The maximum atomic E-state index is 11.9. The topological polar surface area (TPSA) is 99.0 Å². The van der Waals surface area contributed by atoms with Crippen LogP contribution in [0.1, 0.15) is 12.5 Å². The third-order valence-corrected chi connectivity index (χ3v) is 3.89. The van der Waals surface area contributed by atoms with Crippen molar-refractivity contribution in [3.63, 3.8) is 0 Å². The summed E-state index contributed by atoms with van der Waals surface area (Å²) in [6, 6.07) is 2.00. The van der Waals surface area contributed by atoms with Crippen LogP contribution in [0, 0.1) is 11.3 Å². The van der Waals surface area contributed by atoms with Crippen molar-refractivity contribution in [1.29, 1.82) is 5.26 Å². The molecule has 108 valence electrons. The number of carbonyl (C=O) groups is 2. The summed E-state index contributed by atoms with van der Waals surface area (Å²) in [7, 11) is 0. The number of nitriles is 1. The second-order valence-electron chi connectivity index (χ2n) is 3.97. The van der Waals surface area contributed by atoms with Gasteiger partial charge in [0.2, 0.25) is 0 Å². The molecule has 0 saturated heterocycles. The number of hydrazine groups is 1. The maximum Gasteiger partial charge on any atom is 0.275 e. The van der Waals surface area contributed by atoms with Crippen LogP contribution in [0.15, 0.2) is 21.8 Å². The summed E-state index contributed by atoms with van der Waals surface area (Å²) in [5.74, 6) is -0.804. The normalized spacial score (nSPS) is 14.2. The zero-order chi connectivity index (χ0) is 15.6. The van der Waals surface area contributed by atoms with E-state index in [-0.39, 0.29) is 11.4 Å². The molecule has 0 radical (unpaired) electrons. The molecule has 0 saturated carbocycles. The molecule has 0 aliphatic carbocycles. The molecule has 2 heterocycles. The third-order valence-electron chi connectivity index (χ3n) is 2.66. The number of nitrogens with zero attached hydrogens (tertiary/aromatic N) is 4. The molecule has 1 aromatic rings. The van der Waals surface area contributed by atoms with Crippen molar-refractivity contribution in [2.75, 3.05) is 17.9 Å². The van der Waals surface area contributed by atoms with Crippen LogP contribution in [0.2, 0.25) is 0 Å². The predicted molar refractivity (Wildman–Crippen MR) is 79.5 cm³/mol. The number of aromatic nitrogens is 2. The second-order valence-corrected chi connectivity index (χ2v) is 5.54. The Bertz CT molecular complexity index is 696. The average molecular weight is 321 g/mol. The lowest BCUT2D eigenvalue weighted by molar-refractivity contribution is -0.135. The van der Waals surface area contributed by atoms with Crippen molar-refractivity contribution in [2.24, 2.45) is 0 Å². The Labute approximate surface area is 129 Å². The van der Waals surface area contributed by atoms with E-state index in [2.05, 4.69) is 15.4 Å². The summed E-state index contributed by atoms with van der Waals surface area (Å²) < 4.78 is 0. The molecule has 1 aliphatic rings. The van der Waals surface area contributed by atoms with Crippen molar-refractivity contribution in [3.05, 3.63) is 17.2 Å². The minimum atomic E-state index is -0.489. The van der Waals surface area contributed by atoms with E-state index in [1.54, 1.807) is 19.4 Å². The molecule has 7 nitrogen and oxygen atoms in total. The lowest BCUT2D eigenvalue weighted by atomic mass is 10.3. The zero-order valence-electron chi connectivity index (χ0n) is 11.5. The second kappa shape index (κ2) is 6.15. The number of anilines is 1. The van der Waals surface area contributed by atoms with E-state index < -0.39 is 11.8 Å². The van der Waals surface area contributed by atoms with Crippen LogP contribution in [0.4, 0.5) is 5.82 Å². The Balaban J connectivity index is 2.43. The van der Waals surface area contributed by atoms with Crippen LogP contribution >= 0.6 is 23.5 Å². The smallest absolute Gasteiger partial charge is 0.270 e. The van der Waals surface area contributed by atoms with Crippen molar-refractivity contribution in [2.45, 2.75) is 17.1 Å². The summed E-state index contributed by atoms with van der Waals surface area (Å²) in [5, 5.41) is 11.0. The molecule has 1 aromatic heterocycles. The molecule has 0 bridgehead atoms. The van der Waals surface area contributed by atoms with Crippen LogP contribution in [-0.4, -0.2) is 39.3 Å². The molecule has 0 atom stereocenters. The standard InChI is InChI=1S/C12H11N5O2S2/c1-6-4-8(18)17(11(6)19)16-9-7(5-13)10(20-2)15-12(14-9)21-3/h4H,1-3H3,(H,14,15,16). The number of hydrogen-bond acceptors (Lipinski definition) is 8.